The second kappa shape index (κ2) is 5.64. The van der Waals surface area contributed by atoms with Gasteiger partial charge in [-0.15, -0.1) is 11.3 Å². The molecule has 0 saturated carbocycles. The van der Waals surface area contributed by atoms with Crippen molar-refractivity contribution in [2.45, 2.75) is 30.4 Å². The van der Waals surface area contributed by atoms with Gasteiger partial charge in [0.1, 0.15) is 5.69 Å². The highest BCUT2D eigenvalue weighted by atomic mass is 32.1. The van der Waals surface area contributed by atoms with Crippen LogP contribution in [0.4, 0.5) is 0 Å². The van der Waals surface area contributed by atoms with Gasteiger partial charge in [-0.1, -0.05) is 24.3 Å². The third-order valence-corrected chi connectivity index (χ3v) is 6.79. The van der Waals surface area contributed by atoms with Crippen molar-refractivity contribution < 1.29 is 9.90 Å². The van der Waals surface area contributed by atoms with Crippen molar-refractivity contribution in [3.63, 3.8) is 0 Å². The Labute approximate surface area is 154 Å². The highest BCUT2D eigenvalue weighted by molar-refractivity contribution is 7.15. The van der Waals surface area contributed by atoms with Crippen LogP contribution in [0.3, 0.4) is 0 Å². The third kappa shape index (κ3) is 2.11. The number of carbonyl (C=O) groups is 1. The van der Waals surface area contributed by atoms with Crippen molar-refractivity contribution in [1.82, 2.24) is 14.3 Å². The number of nitrogens with zero attached hydrogens (tertiary/aromatic N) is 3. The number of likely N-dealkylation sites (tertiary alicyclic amines) is 1. The fraction of sp³-hybridized carbons (Fsp3) is 0.368. The number of nitrogens with two attached hydrogens (primary N) is 1. The average molecular weight is 368 g/mol. The maximum Gasteiger partial charge on any atom is 0.274 e. The van der Waals surface area contributed by atoms with Gasteiger partial charge in [-0.05, 0) is 24.0 Å². The van der Waals surface area contributed by atoms with E-state index >= 15 is 0 Å². The van der Waals surface area contributed by atoms with E-state index in [-0.39, 0.29) is 17.4 Å². The number of aliphatic hydroxyl groups excluding tert-OH is 1. The lowest BCUT2D eigenvalue weighted by Crippen LogP contribution is -2.50. The highest BCUT2D eigenvalue weighted by Gasteiger charge is 2.51. The number of amides is 1. The Kier molecular flexibility index (Phi) is 3.47. The van der Waals surface area contributed by atoms with Gasteiger partial charge in [-0.25, -0.2) is 4.98 Å². The Bertz CT molecular complexity index is 958. The molecule has 6 nitrogen and oxygen atoms in total. The summed E-state index contributed by atoms with van der Waals surface area (Å²) in [5.74, 6) is -0.0409. The Hall–Kier alpha value is -2.22. The number of piperidine rings is 1. The fourth-order valence-corrected chi connectivity index (χ4v) is 5.28. The Morgan fingerprint density at radius 1 is 1.31 bits per heavy atom. The monoisotopic (exact) mass is 368 g/mol. The molecule has 1 fully saturated rings. The highest BCUT2D eigenvalue weighted by Crippen LogP contribution is 2.50. The van der Waals surface area contributed by atoms with Crippen molar-refractivity contribution in [1.29, 1.82) is 0 Å². The van der Waals surface area contributed by atoms with Crippen LogP contribution in [0.2, 0.25) is 0 Å². The van der Waals surface area contributed by atoms with Crippen LogP contribution in [0.15, 0.2) is 42.0 Å². The zero-order valence-corrected chi connectivity index (χ0v) is 15.0. The lowest BCUT2D eigenvalue weighted by molar-refractivity contribution is 0.0260. The van der Waals surface area contributed by atoms with Crippen molar-refractivity contribution in [2.75, 3.05) is 13.1 Å². The standard InChI is InChI=1S/C19H20N4O2S/c20-15-12-3-1-2-4-13(12)19(16(15)24)5-7-22(8-6-19)17(25)14-11-23-9-10-26-18(23)21-14/h1-4,9-11,15-16,24H,5-8,20H2/t15-,16+/m0/s1. The van der Waals surface area contributed by atoms with Crippen molar-refractivity contribution in [3.8, 4) is 0 Å². The summed E-state index contributed by atoms with van der Waals surface area (Å²) < 4.78 is 1.87. The Morgan fingerprint density at radius 3 is 2.85 bits per heavy atom. The summed E-state index contributed by atoms with van der Waals surface area (Å²) in [6.45, 7) is 1.20. The molecule has 0 unspecified atom stereocenters. The molecule has 1 amide bonds. The smallest absolute Gasteiger partial charge is 0.274 e. The molecule has 0 bridgehead atoms. The number of imidazole rings is 1. The van der Waals surface area contributed by atoms with Gasteiger partial charge >= 0.3 is 0 Å². The van der Waals surface area contributed by atoms with Gasteiger partial charge in [0.25, 0.3) is 5.91 Å². The zero-order chi connectivity index (χ0) is 17.9. The van der Waals surface area contributed by atoms with E-state index in [0.717, 1.165) is 16.1 Å². The van der Waals surface area contributed by atoms with Crippen LogP contribution >= 0.6 is 11.3 Å². The first-order valence-electron chi connectivity index (χ1n) is 8.85. The molecule has 1 aliphatic heterocycles. The molecule has 1 saturated heterocycles. The molecular weight excluding hydrogens is 348 g/mol. The Morgan fingerprint density at radius 2 is 2.08 bits per heavy atom. The summed E-state index contributed by atoms with van der Waals surface area (Å²) in [4.78, 5) is 19.9. The lowest BCUT2D eigenvalue weighted by atomic mass is 9.72. The van der Waals surface area contributed by atoms with Gasteiger partial charge in [-0.2, -0.15) is 0 Å². The SMILES string of the molecule is N[C@H]1c2ccccc2C2(CCN(C(=O)c3cn4ccsc4n3)CC2)[C@@H]1O. The van der Waals surface area contributed by atoms with Crippen molar-refractivity contribution in [3.05, 3.63) is 58.9 Å². The van der Waals surface area contributed by atoms with E-state index in [1.807, 2.05) is 39.1 Å². The van der Waals surface area contributed by atoms with Gasteiger partial charge in [0, 0.05) is 36.3 Å². The minimum atomic E-state index is -0.602. The van der Waals surface area contributed by atoms with Crippen LogP contribution < -0.4 is 5.73 Å². The van der Waals surface area contributed by atoms with Crippen LogP contribution in [0, 0.1) is 0 Å². The molecule has 1 aliphatic carbocycles. The molecule has 26 heavy (non-hydrogen) atoms. The van der Waals surface area contributed by atoms with E-state index in [2.05, 4.69) is 11.1 Å². The third-order valence-electron chi connectivity index (χ3n) is 6.02. The molecule has 0 radical (unpaired) electrons. The summed E-state index contributed by atoms with van der Waals surface area (Å²) >= 11 is 1.51. The van der Waals surface area contributed by atoms with Crippen molar-refractivity contribution >= 4 is 22.2 Å². The molecule has 3 N–H and O–H groups in total. The van der Waals surface area contributed by atoms with E-state index in [9.17, 15) is 9.90 Å². The minimum absolute atomic E-state index is 0.0409. The maximum absolute atomic E-state index is 12.8. The number of hydrogen-bond donors (Lipinski definition) is 2. The van der Waals surface area contributed by atoms with Crippen LogP contribution in [0.1, 0.15) is 40.5 Å². The number of thiazole rings is 1. The number of aromatic nitrogens is 2. The predicted molar refractivity (Wildman–Crippen MR) is 99.3 cm³/mol. The lowest BCUT2D eigenvalue weighted by Gasteiger charge is -2.42. The summed E-state index contributed by atoms with van der Waals surface area (Å²) in [6, 6.07) is 7.70. The normalized spacial score (nSPS) is 24.3. The quantitative estimate of drug-likeness (QED) is 0.688. The van der Waals surface area contributed by atoms with Crippen LogP contribution in [0.5, 0.6) is 0 Å². The first-order valence-corrected chi connectivity index (χ1v) is 9.73. The molecular formula is C19H20N4O2S. The first kappa shape index (κ1) is 16.0. The van der Waals surface area contributed by atoms with E-state index in [1.54, 1.807) is 6.20 Å². The number of benzene rings is 1. The molecule has 1 spiro atoms. The molecule has 5 rings (SSSR count). The van der Waals surface area contributed by atoms with E-state index in [1.165, 1.54) is 11.3 Å². The van der Waals surface area contributed by atoms with Crippen molar-refractivity contribution in [2.24, 2.45) is 5.73 Å². The van der Waals surface area contributed by atoms with Gasteiger partial charge < -0.3 is 15.7 Å². The van der Waals surface area contributed by atoms with Crippen LogP contribution in [0.25, 0.3) is 4.96 Å². The second-order valence-electron chi connectivity index (χ2n) is 7.23. The fourth-order valence-electron chi connectivity index (χ4n) is 4.58. The van der Waals surface area contributed by atoms with Gasteiger partial charge in [0.05, 0.1) is 12.1 Å². The van der Waals surface area contributed by atoms with Crippen LogP contribution in [-0.2, 0) is 5.41 Å². The number of fused-ring (bicyclic) bond motifs is 3. The molecule has 3 heterocycles. The number of rotatable bonds is 1. The zero-order valence-electron chi connectivity index (χ0n) is 14.2. The number of hydrogen-bond acceptors (Lipinski definition) is 5. The summed E-state index contributed by atoms with van der Waals surface area (Å²) in [5.41, 5.74) is 8.59. The largest absolute Gasteiger partial charge is 0.390 e. The van der Waals surface area contributed by atoms with Gasteiger partial charge in [-0.3, -0.25) is 9.20 Å². The number of aliphatic hydroxyl groups is 1. The Balaban J connectivity index is 1.39. The summed E-state index contributed by atoms with van der Waals surface area (Å²) in [5, 5.41) is 12.8. The molecule has 2 atom stereocenters. The van der Waals surface area contributed by atoms with Gasteiger partial charge in [0.15, 0.2) is 4.96 Å². The average Bonchev–Trinajstić information content (AvgIpc) is 3.32. The second-order valence-corrected chi connectivity index (χ2v) is 8.10. The molecule has 134 valence electrons. The molecule has 2 aromatic heterocycles. The predicted octanol–water partition coefficient (Wildman–Crippen LogP) is 1.94. The van der Waals surface area contributed by atoms with E-state index in [0.29, 0.717) is 31.6 Å². The molecule has 7 heteroatoms. The molecule has 1 aromatic carbocycles. The molecule has 2 aliphatic rings. The van der Waals surface area contributed by atoms with Crippen LogP contribution in [-0.4, -0.2) is 44.5 Å². The van der Waals surface area contributed by atoms with E-state index in [4.69, 9.17) is 5.73 Å². The maximum atomic E-state index is 12.8. The summed E-state index contributed by atoms with van der Waals surface area (Å²) in [6.07, 6.45) is 4.52. The van der Waals surface area contributed by atoms with Gasteiger partial charge in [0.2, 0.25) is 0 Å². The topological polar surface area (TPSA) is 83.9 Å². The summed E-state index contributed by atoms with van der Waals surface area (Å²) in [7, 11) is 0. The number of carbonyl (C=O) groups excluding carboxylic acids is 1. The first-order chi connectivity index (χ1) is 12.6. The minimum Gasteiger partial charge on any atom is -0.390 e. The molecule has 3 aromatic rings. The van der Waals surface area contributed by atoms with E-state index < -0.39 is 6.10 Å².